The average Bonchev–Trinajstić information content (AvgIpc) is 3.57. The maximum Gasteiger partial charge on any atom is 0.339 e. The number of carbonyl (C=O) groups excluding carboxylic acids is 1. The van der Waals surface area contributed by atoms with E-state index in [4.69, 9.17) is 14.7 Å². The first kappa shape index (κ1) is 27.6. The highest BCUT2D eigenvalue weighted by Gasteiger charge is 2.24. The number of para-hydroxylation sites is 1. The second-order valence-corrected chi connectivity index (χ2v) is 12.4. The third kappa shape index (κ3) is 5.91. The minimum atomic E-state index is -0.337. The fourth-order valence-corrected chi connectivity index (χ4v) is 7.31. The molecule has 0 radical (unpaired) electrons. The number of ether oxygens (including phenoxy) is 1. The number of carbonyl (C=O) groups is 1. The van der Waals surface area contributed by atoms with Crippen LogP contribution in [0.4, 0.5) is 11.5 Å². The number of hydrogen-bond acceptors (Lipinski definition) is 9. The zero-order valence-electron chi connectivity index (χ0n) is 23.5. The molecule has 5 aromatic rings. The number of rotatable bonds is 9. The monoisotopic (exact) mass is 586 g/mol. The number of hydrogen-bond donors (Lipinski definition) is 2. The van der Waals surface area contributed by atoms with Gasteiger partial charge in [0.15, 0.2) is 4.96 Å². The molecule has 3 heterocycles. The van der Waals surface area contributed by atoms with Crippen molar-refractivity contribution in [3.63, 3.8) is 0 Å². The van der Waals surface area contributed by atoms with Gasteiger partial charge < -0.3 is 20.3 Å². The summed E-state index contributed by atoms with van der Waals surface area (Å²) in [6.07, 6.45) is 6.41. The van der Waals surface area contributed by atoms with Gasteiger partial charge in [0.25, 0.3) is 0 Å². The van der Waals surface area contributed by atoms with Crippen molar-refractivity contribution in [1.82, 2.24) is 19.7 Å². The molecular weight excluding hydrogens is 553 g/mol. The largest absolute Gasteiger partial charge is 0.465 e. The van der Waals surface area contributed by atoms with Crippen molar-refractivity contribution in [2.24, 2.45) is 0 Å². The molecule has 0 aliphatic heterocycles. The summed E-state index contributed by atoms with van der Waals surface area (Å²) in [5.41, 5.74) is 3.86. The lowest BCUT2D eigenvalue weighted by Crippen LogP contribution is -2.37. The smallest absolute Gasteiger partial charge is 0.339 e. The summed E-state index contributed by atoms with van der Waals surface area (Å²) in [6.45, 7) is 0.710. The van der Waals surface area contributed by atoms with Crippen LogP contribution >= 0.6 is 23.1 Å². The number of imidazole rings is 1. The van der Waals surface area contributed by atoms with Crippen LogP contribution in [0.2, 0.25) is 0 Å². The Morgan fingerprint density at radius 2 is 1.83 bits per heavy atom. The Kier molecular flexibility index (Phi) is 8.13. The predicted molar refractivity (Wildman–Crippen MR) is 168 cm³/mol. The Labute approximate surface area is 248 Å². The SMILES string of the molecule is COC(=O)c1ccccc1Sc1nc2sccn2c1CN[C@H]1CC[C@@H](Nc2cc(N(C)C)c3ccccc3n2)CC1. The molecule has 1 fully saturated rings. The van der Waals surface area contributed by atoms with Crippen LogP contribution in [0.3, 0.4) is 0 Å². The van der Waals surface area contributed by atoms with E-state index in [2.05, 4.69) is 69.9 Å². The first-order valence-corrected chi connectivity index (χ1v) is 15.6. The van der Waals surface area contributed by atoms with Gasteiger partial charge in [-0.05, 0) is 43.9 Å². The van der Waals surface area contributed by atoms with Crippen molar-refractivity contribution < 1.29 is 9.53 Å². The maximum absolute atomic E-state index is 12.3. The molecule has 0 atom stereocenters. The van der Waals surface area contributed by atoms with E-state index in [1.807, 2.05) is 24.3 Å². The maximum atomic E-state index is 12.3. The van der Waals surface area contributed by atoms with E-state index in [9.17, 15) is 4.79 Å². The van der Waals surface area contributed by atoms with Crippen LogP contribution in [-0.2, 0) is 11.3 Å². The van der Waals surface area contributed by atoms with Crippen molar-refractivity contribution in [3.8, 4) is 0 Å². The number of anilines is 2. The second-order valence-electron chi connectivity index (χ2n) is 10.5. The molecule has 0 amide bonds. The van der Waals surface area contributed by atoms with Crippen molar-refractivity contribution in [3.05, 3.63) is 77.4 Å². The van der Waals surface area contributed by atoms with Crippen LogP contribution in [-0.4, -0.2) is 53.6 Å². The van der Waals surface area contributed by atoms with Gasteiger partial charge in [-0.2, -0.15) is 0 Å². The average molecular weight is 587 g/mol. The Hall–Kier alpha value is -3.60. The van der Waals surface area contributed by atoms with Crippen LogP contribution in [0.25, 0.3) is 15.9 Å². The van der Waals surface area contributed by atoms with Crippen LogP contribution in [0.15, 0.2) is 76.1 Å². The number of nitrogens with zero attached hydrogens (tertiary/aromatic N) is 4. The van der Waals surface area contributed by atoms with E-state index in [-0.39, 0.29) is 5.97 Å². The third-order valence-electron chi connectivity index (χ3n) is 7.64. The van der Waals surface area contributed by atoms with E-state index >= 15 is 0 Å². The van der Waals surface area contributed by atoms with E-state index in [0.717, 1.165) is 57.6 Å². The van der Waals surface area contributed by atoms with Gasteiger partial charge >= 0.3 is 5.97 Å². The van der Waals surface area contributed by atoms with Gasteiger partial charge in [0, 0.05) is 66.3 Å². The van der Waals surface area contributed by atoms with Gasteiger partial charge in [-0.1, -0.05) is 42.1 Å². The molecule has 0 saturated heterocycles. The standard InChI is InChI=1S/C31H34N6O2S2/c1-36(2)25-18-28(34-24-10-6-4-8-22(24)25)33-21-14-12-20(13-15-21)32-19-26-29(35-31-37(26)16-17-40-31)41-27-11-7-5-9-23(27)30(38)39-3/h4-11,16-18,20-21,32H,12-15,19H2,1-3H3,(H,33,34)/t20-,21+. The number of methoxy groups -OCH3 is 1. The van der Waals surface area contributed by atoms with Gasteiger partial charge in [-0.3, -0.25) is 4.40 Å². The first-order chi connectivity index (χ1) is 20.0. The molecule has 1 aliphatic carbocycles. The number of benzene rings is 2. The molecule has 41 heavy (non-hydrogen) atoms. The van der Waals surface area contributed by atoms with Gasteiger partial charge in [-0.15, -0.1) is 11.3 Å². The fraction of sp³-hybridized carbons (Fsp3) is 0.323. The Balaban J connectivity index is 1.11. The highest BCUT2D eigenvalue weighted by molar-refractivity contribution is 7.99. The van der Waals surface area contributed by atoms with Crippen molar-refractivity contribution >= 4 is 56.4 Å². The van der Waals surface area contributed by atoms with Gasteiger partial charge in [-0.25, -0.2) is 14.8 Å². The van der Waals surface area contributed by atoms with Crippen LogP contribution in [0.1, 0.15) is 41.7 Å². The minimum absolute atomic E-state index is 0.337. The third-order valence-corrected chi connectivity index (χ3v) is 9.49. The molecule has 2 aromatic carbocycles. The van der Waals surface area contributed by atoms with Crippen LogP contribution in [0.5, 0.6) is 0 Å². The zero-order chi connectivity index (χ0) is 28.3. The molecule has 1 saturated carbocycles. The van der Waals surface area contributed by atoms with Crippen LogP contribution < -0.4 is 15.5 Å². The summed E-state index contributed by atoms with van der Waals surface area (Å²) in [4.78, 5) is 26.1. The lowest BCUT2D eigenvalue weighted by atomic mass is 9.91. The van der Waals surface area contributed by atoms with E-state index in [0.29, 0.717) is 24.2 Å². The quantitative estimate of drug-likeness (QED) is 0.191. The molecule has 10 heteroatoms. The number of esters is 1. The molecule has 8 nitrogen and oxygen atoms in total. The van der Waals surface area contributed by atoms with Gasteiger partial charge in [0.05, 0.1) is 23.9 Å². The number of pyridine rings is 1. The molecule has 0 spiro atoms. The molecule has 2 N–H and O–H groups in total. The second kappa shape index (κ2) is 12.1. The molecule has 6 rings (SSSR count). The minimum Gasteiger partial charge on any atom is -0.465 e. The molecule has 1 aliphatic rings. The predicted octanol–water partition coefficient (Wildman–Crippen LogP) is 6.46. The van der Waals surface area contributed by atoms with Gasteiger partial charge in [0.1, 0.15) is 10.8 Å². The van der Waals surface area contributed by atoms with Crippen molar-refractivity contribution in [2.75, 3.05) is 31.4 Å². The molecule has 212 valence electrons. The molecular formula is C31H34N6O2S2. The topological polar surface area (TPSA) is 83.8 Å². The van der Waals surface area contributed by atoms with Crippen molar-refractivity contribution in [1.29, 1.82) is 0 Å². The van der Waals surface area contributed by atoms with E-state index < -0.39 is 0 Å². The lowest BCUT2D eigenvalue weighted by Gasteiger charge is -2.30. The lowest BCUT2D eigenvalue weighted by molar-refractivity contribution is 0.0597. The van der Waals surface area contributed by atoms with E-state index in [1.54, 1.807) is 17.4 Å². The molecule has 0 unspecified atom stereocenters. The van der Waals surface area contributed by atoms with Crippen LogP contribution in [0, 0.1) is 0 Å². The fourth-order valence-electron chi connectivity index (χ4n) is 5.49. The zero-order valence-corrected chi connectivity index (χ0v) is 25.1. The Morgan fingerprint density at radius 1 is 1.07 bits per heavy atom. The van der Waals surface area contributed by atoms with Gasteiger partial charge in [0.2, 0.25) is 0 Å². The summed E-state index contributed by atoms with van der Waals surface area (Å²) in [5.74, 6) is 0.604. The Bertz CT molecular complexity index is 1670. The molecule has 0 bridgehead atoms. The summed E-state index contributed by atoms with van der Waals surface area (Å²) < 4.78 is 7.15. The van der Waals surface area contributed by atoms with Crippen molar-refractivity contribution in [2.45, 2.75) is 54.2 Å². The number of aromatic nitrogens is 3. The number of fused-ring (bicyclic) bond motifs is 2. The summed E-state index contributed by atoms with van der Waals surface area (Å²) in [6, 6.07) is 18.8. The molecule has 3 aromatic heterocycles. The first-order valence-electron chi connectivity index (χ1n) is 13.9. The highest BCUT2D eigenvalue weighted by atomic mass is 32.2. The summed E-state index contributed by atoms with van der Waals surface area (Å²) in [7, 11) is 5.57. The highest BCUT2D eigenvalue weighted by Crippen LogP contribution is 2.35. The number of nitrogens with one attached hydrogen (secondary N) is 2. The number of thiazole rings is 1. The summed E-state index contributed by atoms with van der Waals surface area (Å²) in [5, 5.41) is 11.7. The van der Waals surface area contributed by atoms with E-state index in [1.165, 1.54) is 29.9 Å². The normalized spacial score (nSPS) is 17.1. The summed E-state index contributed by atoms with van der Waals surface area (Å²) >= 11 is 3.14. The Morgan fingerprint density at radius 3 is 2.63 bits per heavy atom.